The van der Waals surface area contributed by atoms with Gasteiger partial charge in [-0.1, -0.05) is 32.0 Å². The van der Waals surface area contributed by atoms with E-state index in [-0.39, 0.29) is 43.6 Å². The Morgan fingerprint density at radius 3 is 2.09 bits per heavy atom. The monoisotopic (exact) mass is 453 g/mol. The molecule has 0 amide bonds. The van der Waals surface area contributed by atoms with Crippen molar-refractivity contribution in [3.8, 4) is 11.1 Å². The van der Waals surface area contributed by atoms with Crippen LogP contribution in [-0.2, 0) is 11.0 Å². The molecule has 32 heavy (non-hydrogen) atoms. The number of hydrogen-bond donors (Lipinski definition) is 0. The zero-order chi connectivity index (χ0) is 23.7. The number of alkyl halides is 5. The van der Waals surface area contributed by atoms with Gasteiger partial charge in [0.15, 0.2) is 0 Å². The van der Waals surface area contributed by atoms with Gasteiger partial charge in [-0.15, -0.1) is 0 Å². The van der Waals surface area contributed by atoms with Crippen molar-refractivity contribution in [2.24, 2.45) is 5.92 Å². The van der Waals surface area contributed by atoms with Crippen LogP contribution in [0.2, 0.25) is 0 Å². The molecule has 1 heterocycles. The van der Waals surface area contributed by atoms with Crippen LogP contribution < -0.4 is 4.90 Å². The van der Waals surface area contributed by atoms with Gasteiger partial charge in [0.1, 0.15) is 5.78 Å². The molecule has 0 aliphatic carbocycles. The summed E-state index contributed by atoms with van der Waals surface area (Å²) in [6.45, 7) is 5.92. The number of hydrogen-bond acceptors (Lipinski definition) is 2. The Morgan fingerprint density at radius 2 is 1.59 bits per heavy atom. The van der Waals surface area contributed by atoms with Crippen molar-refractivity contribution in [1.29, 1.82) is 0 Å². The van der Waals surface area contributed by atoms with E-state index in [1.807, 2.05) is 36.9 Å². The molecule has 0 aromatic heterocycles. The average molecular weight is 453 g/mol. The smallest absolute Gasteiger partial charge is 0.371 e. The maximum atomic E-state index is 13.7. The summed E-state index contributed by atoms with van der Waals surface area (Å²) in [5, 5.41) is 0. The van der Waals surface area contributed by atoms with Crippen LogP contribution in [0.25, 0.3) is 11.1 Å². The number of nitrogens with zero attached hydrogens (tertiary/aromatic N) is 1. The zero-order valence-electron chi connectivity index (χ0n) is 18.5. The predicted octanol–water partition coefficient (Wildman–Crippen LogP) is 7.33. The lowest BCUT2D eigenvalue weighted by Crippen LogP contribution is -2.39. The molecular weight excluding hydrogens is 425 g/mol. The first-order valence-electron chi connectivity index (χ1n) is 10.8. The highest BCUT2D eigenvalue weighted by Crippen LogP contribution is 2.37. The number of anilines is 1. The first-order valence-corrected chi connectivity index (χ1v) is 10.8. The van der Waals surface area contributed by atoms with Crippen molar-refractivity contribution in [3.63, 3.8) is 0 Å². The van der Waals surface area contributed by atoms with E-state index in [1.54, 1.807) is 0 Å². The van der Waals surface area contributed by atoms with Crippen LogP contribution in [0.3, 0.4) is 0 Å². The number of carbonyl (C=O) groups excluding carboxylic acids is 1. The summed E-state index contributed by atoms with van der Waals surface area (Å²) in [4.78, 5) is 14.3. The molecule has 1 unspecified atom stereocenters. The number of Topliss-reactive ketones (excluding diaryl/α,β-unsaturated/α-hetero) is 1. The highest BCUT2D eigenvalue weighted by Gasteiger charge is 2.34. The molecule has 7 heteroatoms. The van der Waals surface area contributed by atoms with Gasteiger partial charge in [-0.25, -0.2) is 8.78 Å². The Balaban J connectivity index is 2.05. The third-order valence-corrected chi connectivity index (χ3v) is 5.95. The second-order valence-electron chi connectivity index (χ2n) is 9.02. The first-order chi connectivity index (χ1) is 14.9. The van der Waals surface area contributed by atoms with Crippen molar-refractivity contribution >= 4 is 11.5 Å². The highest BCUT2D eigenvalue weighted by atomic mass is 19.4. The van der Waals surface area contributed by atoms with Crippen molar-refractivity contribution in [2.75, 3.05) is 18.0 Å². The molecule has 3 rings (SSSR count). The fraction of sp³-hybridized carbons (Fsp3) is 0.480. The highest BCUT2D eigenvalue weighted by molar-refractivity contribution is 5.85. The largest absolute Gasteiger partial charge is 0.416 e. The minimum atomic E-state index is -4.43. The van der Waals surface area contributed by atoms with Gasteiger partial charge in [0.05, 0.1) is 5.56 Å². The van der Waals surface area contributed by atoms with Gasteiger partial charge in [0, 0.05) is 37.5 Å². The predicted molar refractivity (Wildman–Crippen MR) is 116 cm³/mol. The lowest BCUT2D eigenvalue weighted by atomic mass is 9.85. The van der Waals surface area contributed by atoms with Crippen molar-refractivity contribution in [1.82, 2.24) is 0 Å². The molecule has 1 fully saturated rings. The second kappa shape index (κ2) is 9.20. The molecule has 0 spiro atoms. The van der Waals surface area contributed by atoms with Gasteiger partial charge < -0.3 is 4.90 Å². The van der Waals surface area contributed by atoms with E-state index < -0.39 is 17.7 Å². The van der Waals surface area contributed by atoms with E-state index >= 15 is 0 Å². The molecule has 2 nitrogen and oxygen atoms in total. The van der Waals surface area contributed by atoms with Crippen molar-refractivity contribution in [3.05, 3.63) is 53.6 Å². The maximum Gasteiger partial charge on any atom is 0.416 e. The van der Waals surface area contributed by atoms with E-state index in [0.717, 1.165) is 17.7 Å². The SMILES string of the molecule is CC(=O)C(CC(C)C)c1cc(-c2ccc(C(F)(F)F)cc2)cc(N2CCC(F)(F)CC2)c1. The molecule has 2 aromatic rings. The number of ketones is 1. The van der Waals surface area contributed by atoms with Crippen LogP contribution in [0.1, 0.15) is 57.1 Å². The third-order valence-electron chi connectivity index (χ3n) is 5.95. The number of benzene rings is 2. The molecule has 0 saturated carbocycles. The molecule has 0 N–H and O–H groups in total. The molecule has 1 aliphatic heterocycles. The van der Waals surface area contributed by atoms with Crippen molar-refractivity contribution in [2.45, 2.75) is 58.1 Å². The summed E-state index contributed by atoms with van der Waals surface area (Å²) in [6.07, 6.45) is -4.31. The lowest BCUT2D eigenvalue weighted by molar-refractivity contribution is -0.137. The fourth-order valence-electron chi connectivity index (χ4n) is 4.14. The second-order valence-corrected chi connectivity index (χ2v) is 9.02. The quantitative estimate of drug-likeness (QED) is 0.427. The minimum Gasteiger partial charge on any atom is -0.371 e. The molecule has 1 saturated heterocycles. The molecule has 1 atom stereocenters. The molecule has 0 bridgehead atoms. The zero-order valence-corrected chi connectivity index (χ0v) is 18.5. The maximum absolute atomic E-state index is 13.7. The minimum absolute atomic E-state index is 0.000558. The van der Waals surface area contributed by atoms with Gasteiger partial charge in [0.25, 0.3) is 5.92 Å². The summed E-state index contributed by atoms with van der Waals surface area (Å²) in [7, 11) is 0. The summed E-state index contributed by atoms with van der Waals surface area (Å²) >= 11 is 0. The summed E-state index contributed by atoms with van der Waals surface area (Å²) < 4.78 is 66.2. The molecule has 1 aliphatic rings. The fourth-order valence-corrected chi connectivity index (χ4v) is 4.14. The first kappa shape index (κ1) is 24.2. The van der Waals surface area contributed by atoms with E-state index in [4.69, 9.17) is 0 Å². The van der Waals surface area contributed by atoms with E-state index in [1.165, 1.54) is 19.1 Å². The van der Waals surface area contributed by atoms with E-state index in [2.05, 4.69) is 0 Å². The molecule has 0 radical (unpaired) electrons. The van der Waals surface area contributed by atoms with E-state index in [9.17, 15) is 26.7 Å². The normalized spacial score (nSPS) is 17.5. The Bertz CT molecular complexity index is 940. The molecule has 2 aromatic carbocycles. The van der Waals surface area contributed by atoms with Crippen LogP contribution >= 0.6 is 0 Å². The van der Waals surface area contributed by atoms with Crippen LogP contribution in [0.15, 0.2) is 42.5 Å². The Kier molecular flexibility index (Phi) is 6.96. The van der Waals surface area contributed by atoms with Gasteiger partial charge in [0.2, 0.25) is 0 Å². The van der Waals surface area contributed by atoms with Crippen LogP contribution in [0.5, 0.6) is 0 Å². The number of carbonyl (C=O) groups is 1. The van der Waals surface area contributed by atoms with Gasteiger partial charge in [-0.2, -0.15) is 13.2 Å². The average Bonchev–Trinajstić information content (AvgIpc) is 2.71. The van der Waals surface area contributed by atoms with Crippen LogP contribution in [-0.4, -0.2) is 24.8 Å². The lowest BCUT2D eigenvalue weighted by Gasteiger charge is -2.34. The topological polar surface area (TPSA) is 20.3 Å². The van der Waals surface area contributed by atoms with Crippen molar-refractivity contribution < 1.29 is 26.7 Å². The molecule has 174 valence electrons. The van der Waals surface area contributed by atoms with E-state index in [0.29, 0.717) is 23.2 Å². The van der Waals surface area contributed by atoms with Crippen LogP contribution in [0, 0.1) is 5.92 Å². The summed E-state index contributed by atoms with van der Waals surface area (Å²) in [6, 6.07) is 10.4. The number of halogens is 5. The summed E-state index contributed by atoms with van der Waals surface area (Å²) in [5.74, 6) is -2.80. The standard InChI is InChI=1S/C25H28F5NO/c1-16(2)12-23(17(3)32)20-13-19(18-4-6-21(7-5-18)25(28,29)30)14-22(15-20)31-10-8-24(26,27)9-11-31/h4-7,13-16,23H,8-12H2,1-3H3. The molecular formula is C25H28F5NO. The Hall–Kier alpha value is -2.44. The van der Waals surface area contributed by atoms with Gasteiger partial charge in [-0.05, 0) is 60.2 Å². The van der Waals surface area contributed by atoms with Crippen LogP contribution in [0.4, 0.5) is 27.6 Å². The number of rotatable bonds is 6. The number of piperidine rings is 1. The Labute approximate surface area is 185 Å². The van der Waals surface area contributed by atoms with Gasteiger partial charge in [-0.3, -0.25) is 4.79 Å². The third kappa shape index (κ3) is 5.87. The van der Waals surface area contributed by atoms with Gasteiger partial charge >= 0.3 is 6.18 Å². The Morgan fingerprint density at radius 1 is 1.00 bits per heavy atom. The summed E-state index contributed by atoms with van der Waals surface area (Å²) in [5.41, 5.74) is 1.98.